The third kappa shape index (κ3) is 1.83. The van der Waals surface area contributed by atoms with Crippen LogP contribution < -0.4 is 5.11 Å². The summed E-state index contributed by atoms with van der Waals surface area (Å²) in [6, 6.07) is 7.32. The van der Waals surface area contributed by atoms with Crippen molar-refractivity contribution < 1.29 is 14.7 Å². The highest BCUT2D eigenvalue weighted by molar-refractivity contribution is 5.98. The summed E-state index contributed by atoms with van der Waals surface area (Å²) in [6.07, 6.45) is -0.111. The molecule has 0 bridgehead atoms. The van der Waals surface area contributed by atoms with Crippen LogP contribution in [-0.2, 0) is 11.3 Å². The SMILES string of the molecule is O=C([O-])CCN1Cc2ccccc2C1=O. The third-order valence-electron chi connectivity index (χ3n) is 2.48. The molecule has 2 rings (SSSR count). The van der Waals surface area contributed by atoms with Gasteiger partial charge in [0, 0.05) is 31.0 Å². The number of benzene rings is 1. The number of hydrogen-bond donors (Lipinski definition) is 0. The quantitative estimate of drug-likeness (QED) is 0.684. The van der Waals surface area contributed by atoms with Crippen molar-refractivity contribution in [1.82, 2.24) is 4.90 Å². The molecule has 4 nitrogen and oxygen atoms in total. The Kier molecular flexibility index (Phi) is 2.41. The highest BCUT2D eigenvalue weighted by Gasteiger charge is 2.25. The van der Waals surface area contributed by atoms with Gasteiger partial charge in [-0.05, 0) is 11.6 Å². The van der Waals surface area contributed by atoms with E-state index < -0.39 is 5.97 Å². The van der Waals surface area contributed by atoms with Gasteiger partial charge in [0.05, 0.1) is 0 Å². The first-order valence-electron chi connectivity index (χ1n) is 4.75. The molecule has 1 aliphatic heterocycles. The van der Waals surface area contributed by atoms with E-state index in [2.05, 4.69) is 0 Å². The van der Waals surface area contributed by atoms with Crippen LogP contribution >= 0.6 is 0 Å². The van der Waals surface area contributed by atoms with E-state index in [1.54, 1.807) is 12.1 Å². The number of fused-ring (bicyclic) bond motifs is 1. The summed E-state index contributed by atoms with van der Waals surface area (Å²) in [6.45, 7) is 0.720. The van der Waals surface area contributed by atoms with Gasteiger partial charge in [-0.15, -0.1) is 0 Å². The maximum Gasteiger partial charge on any atom is 0.254 e. The molecule has 78 valence electrons. The average Bonchev–Trinajstić information content (AvgIpc) is 2.54. The first kappa shape index (κ1) is 9.71. The Labute approximate surface area is 87.1 Å². The van der Waals surface area contributed by atoms with Crippen molar-refractivity contribution in [2.45, 2.75) is 13.0 Å². The minimum atomic E-state index is -1.13. The monoisotopic (exact) mass is 204 g/mol. The number of aliphatic carboxylic acids is 1. The molecule has 0 aromatic heterocycles. The first-order valence-corrected chi connectivity index (χ1v) is 4.75. The van der Waals surface area contributed by atoms with Crippen LogP contribution in [0.3, 0.4) is 0 Å². The molecular weight excluding hydrogens is 194 g/mol. The summed E-state index contributed by atoms with van der Waals surface area (Å²) in [7, 11) is 0. The predicted molar refractivity (Wildman–Crippen MR) is 50.8 cm³/mol. The molecular formula is C11H10NO3-. The molecule has 1 heterocycles. The van der Waals surface area contributed by atoms with E-state index in [1.165, 1.54) is 4.90 Å². The van der Waals surface area contributed by atoms with Gasteiger partial charge in [0.1, 0.15) is 0 Å². The number of rotatable bonds is 3. The number of carbonyl (C=O) groups is 2. The van der Waals surface area contributed by atoms with Crippen molar-refractivity contribution in [2.75, 3.05) is 6.54 Å². The van der Waals surface area contributed by atoms with Crippen LogP contribution in [0.15, 0.2) is 24.3 Å². The Balaban J connectivity index is 2.10. The largest absolute Gasteiger partial charge is 0.550 e. The number of nitrogens with zero attached hydrogens (tertiary/aromatic N) is 1. The average molecular weight is 204 g/mol. The lowest BCUT2D eigenvalue weighted by Gasteiger charge is -2.15. The van der Waals surface area contributed by atoms with Crippen LogP contribution in [-0.4, -0.2) is 23.3 Å². The van der Waals surface area contributed by atoms with Crippen LogP contribution in [0.1, 0.15) is 22.3 Å². The van der Waals surface area contributed by atoms with E-state index in [-0.39, 0.29) is 18.9 Å². The molecule has 1 amide bonds. The van der Waals surface area contributed by atoms with Gasteiger partial charge in [-0.3, -0.25) is 4.79 Å². The number of carboxylic acids is 1. The Morgan fingerprint density at radius 1 is 1.40 bits per heavy atom. The minimum absolute atomic E-state index is 0.0909. The summed E-state index contributed by atoms with van der Waals surface area (Å²) >= 11 is 0. The Morgan fingerprint density at radius 3 is 2.80 bits per heavy atom. The van der Waals surface area contributed by atoms with Crippen molar-refractivity contribution in [3.63, 3.8) is 0 Å². The van der Waals surface area contributed by atoms with Gasteiger partial charge in [-0.1, -0.05) is 18.2 Å². The molecule has 0 unspecified atom stereocenters. The van der Waals surface area contributed by atoms with Gasteiger partial charge in [-0.2, -0.15) is 0 Å². The van der Waals surface area contributed by atoms with Gasteiger partial charge in [-0.25, -0.2) is 0 Å². The summed E-state index contributed by atoms with van der Waals surface area (Å²) < 4.78 is 0. The predicted octanol–water partition coefficient (Wildman–Crippen LogP) is -0.218. The Bertz CT molecular complexity index is 414. The lowest BCUT2D eigenvalue weighted by molar-refractivity contribution is -0.305. The van der Waals surface area contributed by atoms with E-state index in [1.807, 2.05) is 12.1 Å². The first-order chi connectivity index (χ1) is 7.18. The van der Waals surface area contributed by atoms with Crippen molar-refractivity contribution in [1.29, 1.82) is 0 Å². The van der Waals surface area contributed by atoms with E-state index in [9.17, 15) is 14.7 Å². The fourth-order valence-electron chi connectivity index (χ4n) is 1.72. The molecule has 4 heteroatoms. The van der Waals surface area contributed by atoms with Crippen molar-refractivity contribution >= 4 is 11.9 Å². The van der Waals surface area contributed by atoms with Crippen LogP contribution in [0.5, 0.6) is 0 Å². The molecule has 0 spiro atoms. The number of carboxylic acid groups (broad SMARTS) is 1. The zero-order valence-electron chi connectivity index (χ0n) is 8.10. The van der Waals surface area contributed by atoms with E-state index in [4.69, 9.17) is 0 Å². The fourth-order valence-corrected chi connectivity index (χ4v) is 1.72. The standard InChI is InChI=1S/C11H11NO3/c13-10(14)5-6-12-7-8-3-1-2-4-9(8)11(12)15/h1-4H,5-7H2,(H,13,14)/p-1. The van der Waals surface area contributed by atoms with Gasteiger partial charge < -0.3 is 14.8 Å². The second kappa shape index (κ2) is 3.73. The van der Waals surface area contributed by atoms with Gasteiger partial charge in [0.25, 0.3) is 5.91 Å². The third-order valence-corrected chi connectivity index (χ3v) is 2.48. The number of amides is 1. The maximum absolute atomic E-state index is 11.7. The van der Waals surface area contributed by atoms with Gasteiger partial charge >= 0.3 is 0 Å². The molecule has 0 N–H and O–H groups in total. The van der Waals surface area contributed by atoms with Crippen molar-refractivity contribution in [3.05, 3.63) is 35.4 Å². The van der Waals surface area contributed by atoms with Crippen LogP contribution in [0.25, 0.3) is 0 Å². The maximum atomic E-state index is 11.7. The molecule has 15 heavy (non-hydrogen) atoms. The molecule has 0 saturated heterocycles. The minimum Gasteiger partial charge on any atom is -0.550 e. The summed E-state index contributed by atoms with van der Waals surface area (Å²) in [5.41, 5.74) is 1.64. The van der Waals surface area contributed by atoms with Gasteiger partial charge in [0.15, 0.2) is 0 Å². The zero-order valence-corrected chi connectivity index (χ0v) is 8.10. The van der Waals surface area contributed by atoms with Crippen molar-refractivity contribution in [3.8, 4) is 0 Å². The molecule has 0 radical (unpaired) electrons. The van der Waals surface area contributed by atoms with Crippen LogP contribution in [0.4, 0.5) is 0 Å². The Morgan fingerprint density at radius 2 is 2.13 bits per heavy atom. The molecule has 0 atom stereocenters. The van der Waals surface area contributed by atoms with Gasteiger partial charge in [0.2, 0.25) is 0 Å². The normalized spacial score (nSPS) is 14.1. The van der Waals surface area contributed by atoms with Crippen molar-refractivity contribution in [2.24, 2.45) is 0 Å². The fraction of sp³-hybridized carbons (Fsp3) is 0.273. The summed E-state index contributed by atoms with van der Waals surface area (Å²) in [5.74, 6) is -1.22. The molecule has 0 saturated carbocycles. The number of carbonyl (C=O) groups excluding carboxylic acids is 2. The van der Waals surface area contributed by atoms with Crippen LogP contribution in [0, 0.1) is 0 Å². The smallest absolute Gasteiger partial charge is 0.254 e. The molecule has 1 aromatic carbocycles. The lowest BCUT2D eigenvalue weighted by Crippen LogP contribution is -2.31. The topological polar surface area (TPSA) is 60.4 Å². The highest BCUT2D eigenvalue weighted by atomic mass is 16.4. The van der Waals surface area contributed by atoms with E-state index in [0.29, 0.717) is 12.1 Å². The zero-order chi connectivity index (χ0) is 10.8. The lowest BCUT2D eigenvalue weighted by atomic mass is 10.1. The highest BCUT2D eigenvalue weighted by Crippen LogP contribution is 2.21. The second-order valence-electron chi connectivity index (χ2n) is 3.51. The van der Waals surface area contributed by atoms with E-state index in [0.717, 1.165) is 5.56 Å². The summed E-state index contributed by atoms with van der Waals surface area (Å²) in [4.78, 5) is 23.5. The Hall–Kier alpha value is -1.84. The summed E-state index contributed by atoms with van der Waals surface area (Å²) in [5, 5.41) is 10.3. The number of hydrogen-bond acceptors (Lipinski definition) is 3. The molecule has 1 aliphatic rings. The second-order valence-corrected chi connectivity index (χ2v) is 3.51. The molecule has 0 fully saturated rings. The molecule has 0 aliphatic carbocycles. The van der Waals surface area contributed by atoms with Crippen LogP contribution in [0.2, 0.25) is 0 Å². The molecule has 1 aromatic rings. The van der Waals surface area contributed by atoms with E-state index >= 15 is 0 Å².